The summed E-state index contributed by atoms with van der Waals surface area (Å²) in [6.45, 7) is 4.29. The zero-order valence-electron chi connectivity index (χ0n) is 7.46. The van der Waals surface area contributed by atoms with Crippen molar-refractivity contribution in [1.82, 2.24) is 0 Å². The van der Waals surface area contributed by atoms with Crippen molar-refractivity contribution in [3.63, 3.8) is 0 Å². The summed E-state index contributed by atoms with van der Waals surface area (Å²) < 4.78 is 0. The molecule has 0 aromatic carbocycles. The molecule has 0 aromatic heterocycles. The molecule has 0 spiro atoms. The van der Waals surface area contributed by atoms with E-state index in [4.69, 9.17) is 0 Å². The van der Waals surface area contributed by atoms with Gasteiger partial charge in [-0.25, -0.2) is 0 Å². The lowest BCUT2D eigenvalue weighted by Crippen LogP contribution is -1.70. The lowest BCUT2D eigenvalue weighted by atomic mass is 10.1. The molecule has 2 aliphatic rings. The van der Waals surface area contributed by atoms with E-state index < -0.39 is 0 Å². The maximum Gasteiger partial charge on any atom is -0.0152 e. The van der Waals surface area contributed by atoms with E-state index in [9.17, 15) is 0 Å². The maximum atomic E-state index is 2.24. The molecule has 0 unspecified atom stereocenters. The smallest absolute Gasteiger partial charge is 0.0152 e. The van der Waals surface area contributed by atoms with Crippen molar-refractivity contribution < 1.29 is 0 Å². The van der Waals surface area contributed by atoms with Gasteiger partial charge >= 0.3 is 0 Å². The van der Waals surface area contributed by atoms with Crippen molar-refractivity contribution in [3.8, 4) is 11.1 Å². The molecular formula is C12H12. The third-order valence-electron chi connectivity index (χ3n) is 2.26. The Morgan fingerprint density at radius 2 is 1.75 bits per heavy atom. The quantitative estimate of drug-likeness (QED) is 0.548. The summed E-state index contributed by atoms with van der Waals surface area (Å²) in [6.07, 6.45) is 0. The van der Waals surface area contributed by atoms with Crippen molar-refractivity contribution in [2.75, 3.05) is 0 Å². The number of hydrogen-bond acceptors (Lipinski definition) is 0. The predicted octanol–water partition coefficient (Wildman–Crippen LogP) is 3.41. The van der Waals surface area contributed by atoms with Gasteiger partial charge in [-0.1, -0.05) is 42.0 Å². The molecule has 2 rings (SSSR count). The van der Waals surface area contributed by atoms with E-state index in [0.717, 1.165) is 0 Å². The number of fused-ring (bicyclic) bond motifs is 1. The monoisotopic (exact) mass is 156 g/mol. The zero-order valence-corrected chi connectivity index (χ0v) is 7.46. The van der Waals surface area contributed by atoms with Crippen LogP contribution in [0.5, 0.6) is 0 Å². The third kappa shape index (κ3) is 1.10. The molecular weight excluding hydrogens is 144 g/mol. The van der Waals surface area contributed by atoms with E-state index in [1.54, 1.807) is 0 Å². The van der Waals surface area contributed by atoms with Gasteiger partial charge in [-0.05, 0) is 30.5 Å². The Bertz CT molecular complexity index is 374. The molecule has 2 aliphatic carbocycles. The molecule has 0 radical (unpaired) electrons. The Morgan fingerprint density at radius 3 is 2.58 bits per heavy atom. The standard InChI is InChI=1S/C12H12/c1-9-4-3-5-11-7-6-10(2)12(11)8-9/h3-8H,1-2H3. The van der Waals surface area contributed by atoms with Crippen LogP contribution < -0.4 is 0 Å². The van der Waals surface area contributed by atoms with Gasteiger partial charge in [-0.15, -0.1) is 0 Å². The minimum absolute atomic E-state index is 1.32. The van der Waals surface area contributed by atoms with Gasteiger partial charge in [0.05, 0.1) is 0 Å². The summed E-state index contributed by atoms with van der Waals surface area (Å²) in [5.74, 6) is 0. The molecule has 0 N–H and O–H groups in total. The largest absolute Gasteiger partial charge is 0.0614 e. The summed E-state index contributed by atoms with van der Waals surface area (Å²) >= 11 is 0. The van der Waals surface area contributed by atoms with Crippen LogP contribution in [0.25, 0.3) is 11.1 Å². The fourth-order valence-corrected chi connectivity index (χ4v) is 1.54. The van der Waals surface area contributed by atoms with Crippen molar-refractivity contribution in [2.24, 2.45) is 0 Å². The minimum Gasteiger partial charge on any atom is -0.0614 e. The van der Waals surface area contributed by atoms with Crippen LogP contribution in [-0.2, 0) is 0 Å². The second-order valence-electron chi connectivity index (χ2n) is 3.30. The van der Waals surface area contributed by atoms with E-state index in [1.165, 1.54) is 22.3 Å². The van der Waals surface area contributed by atoms with Crippen LogP contribution in [0.2, 0.25) is 0 Å². The molecule has 0 aliphatic heterocycles. The first-order valence-electron chi connectivity index (χ1n) is 4.23. The molecule has 0 nitrogen and oxygen atoms in total. The third-order valence-corrected chi connectivity index (χ3v) is 2.26. The first kappa shape index (κ1) is 7.35. The Hall–Kier alpha value is -1.30. The van der Waals surface area contributed by atoms with Gasteiger partial charge in [0.2, 0.25) is 0 Å². The van der Waals surface area contributed by atoms with Crippen LogP contribution in [0.1, 0.15) is 11.1 Å². The Labute approximate surface area is 73.2 Å². The lowest BCUT2D eigenvalue weighted by molar-refractivity contribution is 1.48. The van der Waals surface area contributed by atoms with Crippen LogP contribution in [0, 0.1) is 13.8 Å². The van der Waals surface area contributed by atoms with Crippen LogP contribution in [0.4, 0.5) is 0 Å². The molecule has 0 bridgehead atoms. The van der Waals surface area contributed by atoms with Gasteiger partial charge in [-0.2, -0.15) is 0 Å². The minimum atomic E-state index is 1.32. The highest BCUT2D eigenvalue weighted by Crippen LogP contribution is 2.26. The van der Waals surface area contributed by atoms with E-state index >= 15 is 0 Å². The second-order valence-corrected chi connectivity index (χ2v) is 3.30. The molecule has 12 heavy (non-hydrogen) atoms. The Morgan fingerprint density at radius 1 is 0.917 bits per heavy atom. The van der Waals surface area contributed by atoms with Crippen molar-refractivity contribution >= 4 is 0 Å². The van der Waals surface area contributed by atoms with Crippen molar-refractivity contribution in [2.45, 2.75) is 13.8 Å². The van der Waals surface area contributed by atoms with Crippen LogP contribution in [0.3, 0.4) is 0 Å². The van der Waals surface area contributed by atoms with Crippen molar-refractivity contribution in [3.05, 3.63) is 47.5 Å². The Kier molecular flexibility index (Phi) is 1.61. The van der Waals surface area contributed by atoms with E-state index in [1.807, 2.05) is 0 Å². The van der Waals surface area contributed by atoms with Gasteiger partial charge < -0.3 is 0 Å². The van der Waals surface area contributed by atoms with Crippen LogP contribution in [-0.4, -0.2) is 0 Å². The summed E-state index contributed by atoms with van der Waals surface area (Å²) in [5, 5.41) is 0. The first-order chi connectivity index (χ1) is 5.77. The summed E-state index contributed by atoms with van der Waals surface area (Å²) in [5.41, 5.74) is 5.39. The van der Waals surface area contributed by atoms with Crippen LogP contribution in [0.15, 0.2) is 36.4 Å². The lowest BCUT2D eigenvalue weighted by Gasteiger charge is -1.93. The van der Waals surface area contributed by atoms with Crippen molar-refractivity contribution in [1.29, 1.82) is 0 Å². The van der Waals surface area contributed by atoms with Gasteiger partial charge in [-0.3, -0.25) is 0 Å². The molecule has 0 atom stereocenters. The van der Waals surface area contributed by atoms with E-state index in [2.05, 4.69) is 50.2 Å². The maximum absolute atomic E-state index is 2.24. The molecule has 0 saturated heterocycles. The highest BCUT2D eigenvalue weighted by atomic mass is 14.1. The Balaban J connectivity index is 2.76. The average Bonchev–Trinajstić information content (AvgIpc) is 2.31. The summed E-state index contributed by atoms with van der Waals surface area (Å²) in [7, 11) is 0. The normalized spacial score (nSPS) is 10.5. The summed E-state index contributed by atoms with van der Waals surface area (Å²) in [4.78, 5) is 0. The van der Waals surface area contributed by atoms with Gasteiger partial charge in [0.1, 0.15) is 0 Å². The van der Waals surface area contributed by atoms with Gasteiger partial charge in [0.15, 0.2) is 0 Å². The molecule has 0 heterocycles. The highest BCUT2D eigenvalue weighted by molar-refractivity contribution is 5.70. The predicted molar refractivity (Wildman–Crippen MR) is 52.5 cm³/mol. The molecule has 0 amide bonds. The molecule has 0 fully saturated rings. The highest BCUT2D eigenvalue weighted by Gasteiger charge is 2.02. The summed E-state index contributed by atoms with van der Waals surface area (Å²) in [6, 6.07) is 13.0. The molecule has 0 saturated carbocycles. The molecule has 0 aromatic rings. The first-order valence-corrected chi connectivity index (χ1v) is 4.23. The van der Waals surface area contributed by atoms with Gasteiger partial charge in [0, 0.05) is 0 Å². The van der Waals surface area contributed by atoms with Gasteiger partial charge in [0.25, 0.3) is 0 Å². The van der Waals surface area contributed by atoms with Crippen LogP contribution >= 0.6 is 0 Å². The number of aryl methyl sites for hydroxylation is 2. The van der Waals surface area contributed by atoms with E-state index in [0.29, 0.717) is 0 Å². The average molecular weight is 156 g/mol. The zero-order chi connectivity index (χ0) is 8.55. The number of rotatable bonds is 0. The molecule has 0 heteroatoms. The van der Waals surface area contributed by atoms with E-state index in [-0.39, 0.29) is 0 Å². The SMILES string of the molecule is Cc1cccc2ccc(C)c-2c1. The topological polar surface area (TPSA) is 0 Å². The fraction of sp³-hybridized carbons (Fsp3) is 0.167. The molecule has 60 valence electrons. The fourth-order valence-electron chi connectivity index (χ4n) is 1.54. The second kappa shape index (κ2) is 2.63. The number of hydrogen-bond donors (Lipinski definition) is 0.